The highest BCUT2D eigenvalue weighted by molar-refractivity contribution is 9.10. The van der Waals surface area contributed by atoms with Gasteiger partial charge in [0.25, 0.3) is 0 Å². The lowest BCUT2D eigenvalue weighted by atomic mass is 10.1. The molecule has 23 heavy (non-hydrogen) atoms. The van der Waals surface area contributed by atoms with Gasteiger partial charge in [0.05, 0.1) is 5.69 Å². The Kier molecular flexibility index (Phi) is 4.98. The van der Waals surface area contributed by atoms with Crippen LogP contribution in [0.5, 0.6) is 0 Å². The first-order valence-electron chi connectivity index (χ1n) is 7.75. The molecular formula is C18H20BrN3O. The van der Waals surface area contributed by atoms with Gasteiger partial charge in [-0.3, -0.25) is 4.79 Å². The summed E-state index contributed by atoms with van der Waals surface area (Å²) in [6.07, 6.45) is 0.925. The van der Waals surface area contributed by atoms with Gasteiger partial charge in [-0.1, -0.05) is 42.5 Å². The first-order valence-corrected chi connectivity index (χ1v) is 8.55. The Morgan fingerprint density at radius 3 is 2.61 bits per heavy atom. The number of carbonyl (C=O) groups is 1. The number of halogens is 1. The Hall–Kier alpha value is -1.85. The lowest BCUT2D eigenvalue weighted by Gasteiger charge is -2.21. The van der Waals surface area contributed by atoms with Crippen LogP contribution in [0.2, 0.25) is 0 Å². The molecule has 1 aliphatic heterocycles. The van der Waals surface area contributed by atoms with E-state index in [1.54, 1.807) is 0 Å². The van der Waals surface area contributed by atoms with Gasteiger partial charge in [-0.25, -0.2) is 0 Å². The highest BCUT2D eigenvalue weighted by Gasteiger charge is 2.27. The summed E-state index contributed by atoms with van der Waals surface area (Å²) in [6.45, 7) is 1.73. The molecule has 3 rings (SSSR count). The van der Waals surface area contributed by atoms with Gasteiger partial charge < -0.3 is 16.0 Å². The summed E-state index contributed by atoms with van der Waals surface area (Å²) in [7, 11) is 0. The van der Waals surface area contributed by atoms with Gasteiger partial charge in [0.1, 0.15) is 6.04 Å². The number of nitrogens with one attached hydrogen (secondary N) is 1. The Balaban J connectivity index is 1.60. The van der Waals surface area contributed by atoms with Crippen molar-refractivity contribution in [3.8, 4) is 0 Å². The average Bonchev–Trinajstić information content (AvgIpc) is 3.03. The zero-order valence-electron chi connectivity index (χ0n) is 12.8. The smallest absolute Gasteiger partial charge is 0.241 e. The Bertz CT molecular complexity index is 677. The van der Waals surface area contributed by atoms with Gasteiger partial charge in [0.2, 0.25) is 5.91 Å². The molecule has 1 heterocycles. The molecule has 120 valence electrons. The van der Waals surface area contributed by atoms with E-state index >= 15 is 0 Å². The van der Waals surface area contributed by atoms with Gasteiger partial charge in [0.15, 0.2) is 0 Å². The van der Waals surface area contributed by atoms with Crippen molar-refractivity contribution < 1.29 is 4.79 Å². The van der Waals surface area contributed by atoms with E-state index in [-0.39, 0.29) is 11.9 Å². The molecule has 3 N–H and O–H groups in total. The fourth-order valence-electron chi connectivity index (χ4n) is 2.91. The summed E-state index contributed by atoms with van der Waals surface area (Å²) in [6, 6.07) is 17.1. The zero-order chi connectivity index (χ0) is 16.2. The summed E-state index contributed by atoms with van der Waals surface area (Å²) in [5.41, 5.74) is 8.06. The maximum Gasteiger partial charge on any atom is 0.241 e. The number of carbonyl (C=O) groups excluding carboxylic acids is 1. The third-order valence-corrected chi connectivity index (χ3v) is 4.84. The minimum Gasteiger partial charge on any atom is -0.368 e. The summed E-state index contributed by atoms with van der Waals surface area (Å²) >= 11 is 3.58. The van der Waals surface area contributed by atoms with E-state index in [0.717, 1.165) is 35.2 Å². The molecule has 0 bridgehead atoms. The van der Waals surface area contributed by atoms with Crippen molar-refractivity contribution in [2.24, 2.45) is 5.73 Å². The molecule has 4 nitrogen and oxygen atoms in total. The van der Waals surface area contributed by atoms with Crippen LogP contribution < -0.4 is 16.0 Å². The minimum atomic E-state index is -0.617. The average molecular weight is 374 g/mol. The predicted molar refractivity (Wildman–Crippen MR) is 96.3 cm³/mol. The number of hydrogen-bond donors (Lipinski definition) is 2. The molecule has 2 atom stereocenters. The van der Waals surface area contributed by atoms with Crippen molar-refractivity contribution in [1.82, 2.24) is 5.32 Å². The number of para-hydroxylation sites is 1. The second-order valence-corrected chi connectivity index (χ2v) is 6.63. The van der Waals surface area contributed by atoms with Gasteiger partial charge in [-0.2, -0.15) is 0 Å². The van der Waals surface area contributed by atoms with Crippen LogP contribution in [-0.4, -0.2) is 25.0 Å². The molecule has 0 aromatic heterocycles. The van der Waals surface area contributed by atoms with E-state index in [4.69, 9.17) is 5.73 Å². The largest absolute Gasteiger partial charge is 0.368 e. The summed E-state index contributed by atoms with van der Waals surface area (Å²) in [5, 5.41) is 3.08. The van der Waals surface area contributed by atoms with E-state index in [2.05, 4.69) is 32.2 Å². The van der Waals surface area contributed by atoms with Crippen LogP contribution in [0.15, 0.2) is 59.1 Å². The van der Waals surface area contributed by atoms with Crippen LogP contribution in [0.4, 0.5) is 5.69 Å². The fraction of sp³-hybridized carbons (Fsp3) is 0.278. The molecule has 1 aliphatic rings. The number of hydrogen-bond acceptors (Lipinski definition) is 3. The lowest BCUT2D eigenvalue weighted by molar-refractivity contribution is -0.123. The molecule has 5 heteroatoms. The first-order chi connectivity index (χ1) is 11.1. The first kappa shape index (κ1) is 16.0. The predicted octanol–water partition coefficient (Wildman–Crippen LogP) is 2.84. The van der Waals surface area contributed by atoms with Crippen molar-refractivity contribution in [2.75, 3.05) is 18.0 Å². The zero-order valence-corrected chi connectivity index (χ0v) is 14.4. The van der Waals surface area contributed by atoms with E-state index < -0.39 is 6.04 Å². The summed E-state index contributed by atoms with van der Waals surface area (Å²) in [4.78, 5) is 14.6. The summed E-state index contributed by atoms with van der Waals surface area (Å²) in [5.74, 6) is -0.116. The van der Waals surface area contributed by atoms with Crippen molar-refractivity contribution in [2.45, 2.75) is 18.5 Å². The van der Waals surface area contributed by atoms with Gasteiger partial charge in [-0.05, 0) is 40.0 Å². The Morgan fingerprint density at radius 2 is 1.87 bits per heavy atom. The standard InChI is InChI=1S/C18H20BrN3O/c19-15-8-4-5-9-16(15)22-11-10-14(12-22)21-18(23)17(20)13-6-2-1-3-7-13/h1-9,14,17H,10-12,20H2,(H,21,23). The molecule has 0 aliphatic carbocycles. The number of amides is 1. The molecule has 2 aromatic rings. The molecule has 1 fully saturated rings. The third-order valence-electron chi connectivity index (χ3n) is 4.17. The maximum atomic E-state index is 12.3. The molecule has 2 unspecified atom stereocenters. The third kappa shape index (κ3) is 3.74. The van der Waals surface area contributed by atoms with Gasteiger partial charge in [-0.15, -0.1) is 0 Å². The SMILES string of the molecule is NC(C(=O)NC1CCN(c2ccccc2Br)C1)c1ccccc1. The van der Waals surface area contributed by atoms with Crippen LogP contribution in [0.1, 0.15) is 18.0 Å². The topological polar surface area (TPSA) is 58.4 Å². The van der Waals surface area contributed by atoms with Crippen LogP contribution in [0, 0.1) is 0 Å². The molecule has 0 saturated carbocycles. The van der Waals surface area contributed by atoms with Crippen molar-refractivity contribution in [1.29, 1.82) is 0 Å². The van der Waals surface area contributed by atoms with Crippen LogP contribution in [0.3, 0.4) is 0 Å². The van der Waals surface area contributed by atoms with E-state index in [9.17, 15) is 4.79 Å². The molecule has 0 radical (unpaired) electrons. The lowest BCUT2D eigenvalue weighted by Crippen LogP contribution is -2.42. The molecule has 2 aromatic carbocycles. The number of nitrogens with two attached hydrogens (primary N) is 1. The van der Waals surface area contributed by atoms with Crippen molar-refractivity contribution >= 4 is 27.5 Å². The summed E-state index contributed by atoms with van der Waals surface area (Å²) < 4.78 is 1.08. The van der Waals surface area contributed by atoms with E-state index in [0.29, 0.717) is 0 Å². The molecule has 0 spiro atoms. The second kappa shape index (κ2) is 7.15. The normalized spacial score (nSPS) is 18.7. The van der Waals surface area contributed by atoms with Crippen LogP contribution >= 0.6 is 15.9 Å². The van der Waals surface area contributed by atoms with Crippen LogP contribution in [-0.2, 0) is 4.79 Å². The Labute approximate surface area is 144 Å². The Morgan fingerprint density at radius 1 is 1.17 bits per heavy atom. The van der Waals surface area contributed by atoms with Gasteiger partial charge in [0, 0.05) is 23.6 Å². The number of nitrogens with zero attached hydrogens (tertiary/aromatic N) is 1. The highest BCUT2D eigenvalue weighted by Crippen LogP contribution is 2.28. The van der Waals surface area contributed by atoms with Gasteiger partial charge >= 0.3 is 0 Å². The van der Waals surface area contributed by atoms with E-state index in [1.807, 2.05) is 48.5 Å². The molecule has 1 amide bonds. The number of benzene rings is 2. The molecule has 1 saturated heterocycles. The minimum absolute atomic E-state index is 0.116. The number of rotatable bonds is 4. The highest BCUT2D eigenvalue weighted by atomic mass is 79.9. The quantitative estimate of drug-likeness (QED) is 0.865. The van der Waals surface area contributed by atoms with Crippen molar-refractivity contribution in [3.63, 3.8) is 0 Å². The maximum absolute atomic E-state index is 12.3. The monoisotopic (exact) mass is 373 g/mol. The number of anilines is 1. The van der Waals surface area contributed by atoms with Crippen molar-refractivity contribution in [3.05, 3.63) is 64.6 Å². The fourth-order valence-corrected chi connectivity index (χ4v) is 3.44. The second-order valence-electron chi connectivity index (χ2n) is 5.78. The van der Waals surface area contributed by atoms with E-state index in [1.165, 1.54) is 0 Å². The van der Waals surface area contributed by atoms with Crippen LogP contribution in [0.25, 0.3) is 0 Å². The molecular weight excluding hydrogens is 354 g/mol.